The monoisotopic (exact) mass is 1040 g/mol. The lowest BCUT2D eigenvalue weighted by molar-refractivity contribution is -0.138. The van der Waals surface area contributed by atoms with E-state index >= 15 is 0 Å². The van der Waals surface area contributed by atoms with E-state index in [0.29, 0.717) is 44.5 Å². The molecule has 10 N–H and O–H groups in total. The highest BCUT2D eigenvalue weighted by atomic mass is 79.9. The minimum atomic E-state index is -1.16. The molecule has 1 saturated carbocycles. The molecule has 21 nitrogen and oxygen atoms in total. The van der Waals surface area contributed by atoms with E-state index in [1.165, 1.54) is 25.7 Å². The van der Waals surface area contributed by atoms with Crippen LogP contribution in [0.1, 0.15) is 71.3 Å². The highest BCUT2D eigenvalue weighted by molar-refractivity contribution is 9.11. The number of carbonyl (C=O) groups is 10. The SMILES string of the molecule is CC(=O)NC(CSC1CC(=O)N(CCCCN(Cc2cc(Br)cc(Br)c2N)C2CCC(O)CC2)C1=O)C(=O)NCC(=O)NCC(=O)NCC(=O)NCC(=O)NCC(=O)NC(C)C(C)=O. The number of nitrogens with zero attached hydrogens (tertiary/aromatic N) is 2. The van der Waals surface area contributed by atoms with Gasteiger partial charge in [0.05, 0.1) is 55.8 Å². The van der Waals surface area contributed by atoms with Crippen LogP contribution in [0.5, 0.6) is 0 Å². The molecule has 0 aromatic heterocycles. The van der Waals surface area contributed by atoms with Gasteiger partial charge in [0.2, 0.25) is 53.2 Å². The summed E-state index contributed by atoms with van der Waals surface area (Å²) in [7, 11) is 0. The average molecular weight is 1050 g/mol. The molecule has 0 radical (unpaired) electrons. The molecule has 1 aliphatic carbocycles. The van der Waals surface area contributed by atoms with Gasteiger partial charge >= 0.3 is 0 Å². The van der Waals surface area contributed by atoms with Gasteiger partial charge in [0.25, 0.3) is 0 Å². The number of hydrogen-bond donors (Lipinski definition) is 9. The number of anilines is 1. The molecule has 3 rings (SSSR count). The fourth-order valence-corrected chi connectivity index (χ4v) is 9.20. The maximum atomic E-state index is 13.3. The second-order valence-electron chi connectivity index (χ2n) is 15.5. The first-order chi connectivity index (χ1) is 30.2. The number of rotatable bonds is 25. The van der Waals surface area contributed by atoms with Crippen LogP contribution < -0.4 is 43.0 Å². The van der Waals surface area contributed by atoms with Gasteiger partial charge in [0, 0.05) is 47.2 Å². The Morgan fingerprint density at radius 2 is 1.36 bits per heavy atom. The van der Waals surface area contributed by atoms with E-state index in [-0.39, 0.29) is 48.5 Å². The predicted octanol–water partition coefficient (Wildman–Crippen LogP) is -1.28. The Morgan fingerprint density at radius 1 is 0.812 bits per heavy atom. The molecule has 64 heavy (non-hydrogen) atoms. The number of hydrogen-bond acceptors (Lipinski definition) is 14. The van der Waals surface area contributed by atoms with Gasteiger partial charge in [-0.1, -0.05) is 15.9 Å². The number of benzene rings is 1. The predicted molar refractivity (Wildman–Crippen MR) is 243 cm³/mol. The number of thioether (sulfide) groups is 1. The van der Waals surface area contributed by atoms with Gasteiger partial charge in [0.15, 0.2) is 5.78 Å². The maximum Gasteiger partial charge on any atom is 0.243 e. The molecule has 0 spiro atoms. The van der Waals surface area contributed by atoms with E-state index in [9.17, 15) is 53.1 Å². The summed E-state index contributed by atoms with van der Waals surface area (Å²) < 4.78 is 1.68. The fourth-order valence-electron chi connectivity index (χ4n) is 6.70. The Kier molecular flexibility index (Phi) is 22.6. The summed E-state index contributed by atoms with van der Waals surface area (Å²) in [6.07, 6.45) is 3.98. The highest BCUT2D eigenvalue weighted by Gasteiger charge is 2.39. The van der Waals surface area contributed by atoms with Crippen molar-refractivity contribution >= 4 is 108 Å². The molecule has 2 fully saturated rings. The van der Waals surface area contributed by atoms with Crippen LogP contribution in [0.2, 0.25) is 0 Å². The first-order valence-corrected chi connectivity index (χ1v) is 23.4. The lowest BCUT2D eigenvalue weighted by atomic mass is 9.91. The van der Waals surface area contributed by atoms with Crippen molar-refractivity contribution in [3.05, 3.63) is 26.6 Å². The minimum absolute atomic E-state index is 0.0729. The number of halogens is 2. The number of unbranched alkanes of at least 4 members (excludes halogenated alkanes) is 1. The fraction of sp³-hybridized carbons (Fsp3) is 0.600. The quantitative estimate of drug-likeness (QED) is 0.0313. The van der Waals surface area contributed by atoms with Gasteiger partial charge in [-0.25, -0.2) is 0 Å². The summed E-state index contributed by atoms with van der Waals surface area (Å²) in [6.45, 7) is 2.92. The Balaban J connectivity index is 1.38. The zero-order valence-electron chi connectivity index (χ0n) is 36.0. The lowest BCUT2D eigenvalue weighted by Crippen LogP contribution is -2.51. The highest BCUT2D eigenvalue weighted by Crippen LogP contribution is 2.32. The van der Waals surface area contributed by atoms with Crippen LogP contribution in [0, 0.1) is 0 Å². The zero-order chi connectivity index (χ0) is 47.5. The minimum Gasteiger partial charge on any atom is -0.398 e. The number of imide groups is 1. The summed E-state index contributed by atoms with van der Waals surface area (Å²) in [6, 6.07) is 2.24. The Morgan fingerprint density at radius 3 is 1.91 bits per heavy atom. The van der Waals surface area contributed by atoms with Gasteiger partial charge < -0.3 is 48.1 Å². The Hall–Kier alpha value is -4.65. The van der Waals surface area contributed by atoms with Crippen LogP contribution in [-0.2, 0) is 54.5 Å². The van der Waals surface area contributed by atoms with E-state index in [2.05, 4.69) is 74.0 Å². The number of likely N-dealkylation sites (tertiary alicyclic amines) is 1. The third-order valence-electron chi connectivity index (χ3n) is 10.4. The first kappa shape index (κ1) is 53.7. The zero-order valence-corrected chi connectivity index (χ0v) is 40.0. The Bertz CT molecular complexity index is 1900. The summed E-state index contributed by atoms with van der Waals surface area (Å²) in [5.74, 6) is -5.90. The Labute approximate surface area is 392 Å². The molecule has 354 valence electrons. The van der Waals surface area contributed by atoms with Crippen LogP contribution >= 0.6 is 43.6 Å². The smallest absolute Gasteiger partial charge is 0.243 e. The largest absolute Gasteiger partial charge is 0.398 e. The van der Waals surface area contributed by atoms with Crippen molar-refractivity contribution in [3.8, 4) is 0 Å². The molecular formula is C40H58Br2N10O11S. The van der Waals surface area contributed by atoms with Crippen LogP contribution in [0.3, 0.4) is 0 Å². The first-order valence-electron chi connectivity index (χ1n) is 20.8. The van der Waals surface area contributed by atoms with Gasteiger partial charge in [-0.05, 0) is 92.5 Å². The number of carbonyl (C=O) groups excluding carboxylic acids is 10. The number of amides is 9. The van der Waals surface area contributed by atoms with Gasteiger partial charge in [-0.15, -0.1) is 11.8 Å². The van der Waals surface area contributed by atoms with Crippen LogP contribution in [-0.4, -0.2) is 155 Å². The molecule has 1 aromatic carbocycles. The van der Waals surface area contributed by atoms with Crippen molar-refractivity contribution < 1.29 is 53.1 Å². The van der Waals surface area contributed by atoms with E-state index < -0.39 is 91.4 Å². The van der Waals surface area contributed by atoms with Crippen molar-refractivity contribution in [1.82, 2.24) is 47.0 Å². The van der Waals surface area contributed by atoms with Crippen molar-refractivity contribution in [3.63, 3.8) is 0 Å². The molecular weight excluding hydrogens is 988 g/mol. The number of ketones is 1. The normalized spacial score (nSPS) is 18.1. The summed E-state index contributed by atoms with van der Waals surface area (Å²) in [5.41, 5.74) is 8.00. The summed E-state index contributed by atoms with van der Waals surface area (Å²) in [4.78, 5) is 126. The maximum absolute atomic E-state index is 13.3. The van der Waals surface area contributed by atoms with E-state index in [0.717, 1.165) is 39.1 Å². The molecule has 3 atom stereocenters. The lowest BCUT2D eigenvalue weighted by Gasteiger charge is -2.36. The molecule has 1 aromatic rings. The van der Waals surface area contributed by atoms with Crippen LogP contribution in [0.4, 0.5) is 5.69 Å². The number of Topliss-reactive ketones (excluding diaryl/α,β-unsaturated/α-hetero) is 1. The molecule has 3 unspecified atom stereocenters. The second kappa shape index (κ2) is 27.0. The number of nitrogens with two attached hydrogens (primary N) is 1. The molecule has 24 heteroatoms. The molecule has 0 bridgehead atoms. The molecule has 1 saturated heterocycles. The third-order valence-corrected chi connectivity index (χ3v) is 12.8. The van der Waals surface area contributed by atoms with E-state index in [1.807, 2.05) is 12.1 Å². The number of nitrogen functional groups attached to an aromatic ring is 1. The molecule has 2 aliphatic rings. The number of aliphatic hydroxyl groups is 1. The summed E-state index contributed by atoms with van der Waals surface area (Å²) >= 11 is 8.10. The van der Waals surface area contributed by atoms with Crippen molar-refractivity contribution in [1.29, 1.82) is 0 Å². The molecule has 1 heterocycles. The van der Waals surface area contributed by atoms with Gasteiger partial charge in [-0.2, -0.15) is 0 Å². The van der Waals surface area contributed by atoms with Gasteiger partial charge in [0.1, 0.15) is 6.04 Å². The number of nitrogens with one attached hydrogen (secondary N) is 7. The topological polar surface area (TPSA) is 308 Å². The van der Waals surface area contributed by atoms with Crippen molar-refractivity contribution in [2.24, 2.45) is 0 Å². The van der Waals surface area contributed by atoms with Crippen molar-refractivity contribution in [2.45, 2.75) is 102 Å². The van der Waals surface area contributed by atoms with Crippen LogP contribution in [0.15, 0.2) is 21.1 Å². The average Bonchev–Trinajstić information content (AvgIpc) is 3.51. The van der Waals surface area contributed by atoms with Crippen molar-refractivity contribution in [2.75, 3.05) is 57.3 Å². The third kappa shape index (κ3) is 18.8. The number of aliphatic hydroxyl groups excluding tert-OH is 1. The molecule has 9 amide bonds. The standard InChI is InChI=1S/C40H58Br2N10O11S/c1-22(23(2)53)49-36(60)19-47-34(58)17-45-32(56)15-44-33(57)16-46-35(59)18-48-39(62)30(50-24(3)54)21-64-31-14-37(61)52(40(31)63)11-5-4-10-51(27-6-8-28(55)9-7-27)20-25-12-26(41)13-29(42)38(25)43/h12-13,22,27-28,30-31,55H,4-11,14-21,43H2,1-3H3,(H,44,57)(H,45,56)(H,46,59)(H,47,58)(H,48,62)(H,49,60)(H,50,54). The van der Waals surface area contributed by atoms with E-state index in [4.69, 9.17) is 5.73 Å². The van der Waals surface area contributed by atoms with Crippen LogP contribution in [0.25, 0.3) is 0 Å². The second-order valence-corrected chi connectivity index (χ2v) is 18.5. The summed E-state index contributed by atoms with van der Waals surface area (Å²) in [5, 5.41) is 25.6. The molecule has 1 aliphatic heterocycles. The van der Waals surface area contributed by atoms with Gasteiger partial charge in [-0.3, -0.25) is 57.7 Å². The van der Waals surface area contributed by atoms with E-state index in [1.54, 1.807) is 0 Å².